The molecule has 2 nitrogen and oxygen atoms in total. The molecule has 1 radical (unpaired) electrons. The Kier molecular flexibility index (Phi) is 4.02. The zero-order chi connectivity index (χ0) is 8.97. The highest BCUT2D eigenvalue weighted by atomic mass is 16.3. The molecule has 1 saturated heterocycles. The Bertz CT molecular complexity index is 117. The molecular weight excluding hydrogens is 150 g/mol. The van der Waals surface area contributed by atoms with Gasteiger partial charge in [0, 0.05) is 18.6 Å². The summed E-state index contributed by atoms with van der Waals surface area (Å²) in [6.07, 6.45) is 4.79. The molecule has 0 spiro atoms. The monoisotopic (exact) mass is 170 g/mol. The summed E-state index contributed by atoms with van der Waals surface area (Å²) in [5, 5.41) is 10.4. The van der Waals surface area contributed by atoms with E-state index < -0.39 is 0 Å². The van der Waals surface area contributed by atoms with E-state index >= 15 is 0 Å². The van der Waals surface area contributed by atoms with Gasteiger partial charge in [0.15, 0.2) is 0 Å². The van der Waals surface area contributed by atoms with Gasteiger partial charge in [0.05, 0.1) is 6.61 Å². The number of hydrogen-bond donors (Lipinski definition) is 0. The van der Waals surface area contributed by atoms with Crippen LogP contribution in [0.3, 0.4) is 0 Å². The van der Waals surface area contributed by atoms with E-state index in [4.69, 9.17) is 0 Å². The summed E-state index contributed by atoms with van der Waals surface area (Å²) < 4.78 is 0. The number of hydrogen-bond acceptors (Lipinski definition) is 1. The maximum Gasteiger partial charge on any atom is 0.0834 e. The molecule has 0 amide bonds. The van der Waals surface area contributed by atoms with Crippen LogP contribution in [-0.4, -0.2) is 30.1 Å². The van der Waals surface area contributed by atoms with Crippen LogP contribution in [0.1, 0.15) is 39.5 Å². The highest BCUT2D eigenvalue weighted by molar-refractivity contribution is 4.78. The SMILES string of the molecule is CC1CCCC(C)N1CCC[O]. The molecule has 2 unspecified atom stereocenters. The smallest absolute Gasteiger partial charge is 0.0834 e. The average molecular weight is 170 g/mol. The van der Waals surface area contributed by atoms with Crippen molar-refractivity contribution >= 4 is 0 Å². The van der Waals surface area contributed by atoms with Gasteiger partial charge in [0.2, 0.25) is 0 Å². The maximum absolute atomic E-state index is 10.4. The minimum Gasteiger partial charge on any atom is -0.298 e. The maximum atomic E-state index is 10.4. The fraction of sp³-hybridized carbons (Fsp3) is 1.00. The largest absolute Gasteiger partial charge is 0.298 e. The second kappa shape index (κ2) is 4.83. The van der Waals surface area contributed by atoms with E-state index in [-0.39, 0.29) is 6.61 Å². The summed E-state index contributed by atoms with van der Waals surface area (Å²) in [4.78, 5) is 2.49. The Morgan fingerprint density at radius 1 is 1.25 bits per heavy atom. The molecule has 0 aromatic rings. The van der Waals surface area contributed by atoms with Crippen LogP contribution >= 0.6 is 0 Å². The van der Waals surface area contributed by atoms with Gasteiger partial charge in [-0.25, -0.2) is 5.11 Å². The molecule has 0 N–H and O–H groups in total. The molecule has 1 fully saturated rings. The van der Waals surface area contributed by atoms with Crippen LogP contribution < -0.4 is 0 Å². The summed E-state index contributed by atoms with van der Waals surface area (Å²) in [5.74, 6) is 0. The Balaban J connectivity index is 2.34. The first-order valence-electron chi connectivity index (χ1n) is 5.09. The summed E-state index contributed by atoms with van der Waals surface area (Å²) in [5.41, 5.74) is 0. The van der Waals surface area contributed by atoms with Gasteiger partial charge in [-0.3, -0.25) is 4.90 Å². The predicted octanol–water partition coefficient (Wildman–Crippen LogP) is 2.07. The molecule has 0 aromatic heterocycles. The van der Waals surface area contributed by atoms with Crippen molar-refractivity contribution in [3.05, 3.63) is 0 Å². The Morgan fingerprint density at radius 3 is 2.33 bits per heavy atom. The van der Waals surface area contributed by atoms with Crippen LogP contribution in [0.4, 0.5) is 0 Å². The fourth-order valence-corrected chi connectivity index (χ4v) is 2.16. The summed E-state index contributed by atoms with van der Waals surface area (Å²) in [7, 11) is 0. The van der Waals surface area contributed by atoms with E-state index in [1.807, 2.05) is 0 Å². The van der Waals surface area contributed by atoms with E-state index in [9.17, 15) is 5.11 Å². The Morgan fingerprint density at radius 2 is 1.83 bits per heavy atom. The molecule has 12 heavy (non-hydrogen) atoms. The zero-order valence-electron chi connectivity index (χ0n) is 8.25. The first-order chi connectivity index (χ1) is 5.75. The highest BCUT2D eigenvalue weighted by Gasteiger charge is 2.23. The molecule has 0 bridgehead atoms. The van der Waals surface area contributed by atoms with Crippen molar-refractivity contribution in [2.45, 2.75) is 51.6 Å². The Labute approximate surface area is 75.6 Å². The van der Waals surface area contributed by atoms with Crippen molar-refractivity contribution in [1.29, 1.82) is 0 Å². The van der Waals surface area contributed by atoms with Crippen LogP contribution in [-0.2, 0) is 5.11 Å². The van der Waals surface area contributed by atoms with E-state index in [2.05, 4.69) is 18.7 Å². The number of nitrogens with zero attached hydrogens (tertiary/aromatic N) is 1. The normalized spacial score (nSPS) is 32.2. The second-order valence-electron chi connectivity index (χ2n) is 3.92. The Hall–Kier alpha value is -0.0800. The lowest BCUT2D eigenvalue weighted by atomic mass is 9.97. The summed E-state index contributed by atoms with van der Waals surface area (Å²) >= 11 is 0. The van der Waals surface area contributed by atoms with Crippen molar-refractivity contribution in [3.63, 3.8) is 0 Å². The van der Waals surface area contributed by atoms with Gasteiger partial charge in [-0.05, 0) is 33.1 Å². The number of rotatable bonds is 3. The molecule has 1 aliphatic heterocycles. The quantitative estimate of drug-likeness (QED) is 0.636. The summed E-state index contributed by atoms with van der Waals surface area (Å²) in [6.45, 7) is 5.64. The number of likely N-dealkylation sites (tertiary alicyclic amines) is 1. The molecule has 1 rings (SSSR count). The van der Waals surface area contributed by atoms with Crippen LogP contribution in [0.2, 0.25) is 0 Å². The minimum atomic E-state index is 0.0793. The summed E-state index contributed by atoms with van der Waals surface area (Å²) in [6, 6.07) is 1.39. The van der Waals surface area contributed by atoms with Crippen molar-refractivity contribution in [2.24, 2.45) is 0 Å². The lowest BCUT2D eigenvalue weighted by molar-refractivity contribution is 0.0857. The van der Waals surface area contributed by atoms with Crippen LogP contribution in [0.15, 0.2) is 0 Å². The highest BCUT2D eigenvalue weighted by Crippen LogP contribution is 2.22. The molecule has 0 aliphatic carbocycles. The third-order valence-corrected chi connectivity index (χ3v) is 2.94. The van der Waals surface area contributed by atoms with Crippen molar-refractivity contribution < 1.29 is 5.11 Å². The van der Waals surface area contributed by atoms with Crippen LogP contribution in [0.5, 0.6) is 0 Å². The molecule has 71 valence electrons. The van der Waals surface area contributed by atoms with Crippen molar-refractivity contribution in [1.82, 2.24) is 4.90 Å². The van der Waals surface area contributed by atoms with E-state index in [0.717, 1.165) is 13.0 Å². The van der Waals surface area contributed by atoms with E-state index in [0.29, 0.717) is 12.1 Å². The molecule has 0 aromatic carbocycles. The predicted molar refractivity (Wildman–Crippen MR) is 49.7 cm³/mol. The third-order valence-electron chi connectivity index (χ3n) is 2.94. The van der Waals surface area contributed by atoms with E-state index in [1.165, 1.54) is 19.3 Å². The van der Waals surface area contributed by atoms with Gasteiger partial charge in [0.1, 0.15) is 0 Å². The van der Waals surface area contributed by atoms with Gasteiger partial charge in [-0.15, -0.1) is 0 Å². The third kappa shape index (κ3) is 2.46. The van der Waals surface area contributed by atoms with Gasteiger partial charge in [-0.2, -0.15) is 0 Å². The number of piperidine rings is 1. The van der Waals surface area contributed by atoms with Crippen molar-refractivity contribution in [2.75, 3.05) is 13.2 Å². The van der Waals surface area contributed by atoms with Crippen molar-refractivity contribution in [3.8, 4) is 0 Å². The van der Waals surface area contributed by atoms with Crippen LogP contribution in [0.25, 0.3) is 0 Å². The fourth-order valence-electron chi connectivity index (χ4n) is 2.16. The van der Waals surface area contributed by atoms with E-state index in [1.54, 1.807) is 0 Å². The first-order valence-corrected chi connectivity index (χ1v) is 5.09. The molecule has 2 heteroatoms. The lowest BCUT2D eigenvalue weighted by Gasteiger charge is -2.38. The van der Waals surface area contributed by atoms with Gasteiger partial charge >= 0.3 is 0 Å². The minimum absolute atomic E-state index is 0.0793. The second-order valence-corrected chi connectivity index (χ2v) is 3.92. The van der Waals surface area contributed by atoms with Crippen LogP contribution in [0, 0.1) is 0 Å². The van der Waals surface area contributed by atoms with Gasteiger partial charge in [0.25, 0.3) is 0 Å². The molecule has 0 saturated carbocycles. The molecule has 2 atom stereocenters. The zero-order valence-corrected chi connectivity index (χ0v) is 8.25. The van der Waals surface area contributed by atoms with Gasteiger partial charge < -0.3 is 0 Å². The van der Waals surface area contributed by atoms with Gasteiger partial charge in [-0.1, -0.05) is 6.42 Å². The standard InChI is InChI=1S/C10H20NO/c1-9-5-3-6-10(2)11(9)7-4-8-12/h9-10H,3-8H2,1-2H3. The first kappa shape index (κ1) is 10.0. The average Bonchev–Trinajstić information content (AvgIpc) is 2.04. The molecule has 1 heterocycles. The topological polar surface area (TPSA) is 23.1 Å². The molecule has 1 aliphatic rings. The molecular formula is C10H20NO. The lowest BCUT2D eigenvalue weighted by Crippen LogP contribution is -2.44.